The number of imidazole rings is 1. The second-order valence-corrected chi connectivity index (χ2v) is 7.18. The maximum absolute atomic E-state index is 12.9. The molecule has 2 aromatic carbocycles. The lowest BCUT2D eigenvalue weighted by molar-refractivity contribution is 0.0679. The Labute approximate surface area is 170 Å². The number of amides is 1. The van der Waals surface area contributed by atoms with Crippen molar-refractivity contribution in [3.63, 3.8) is 0 Å². The number of hydrogen-bond donors (Lipinski definition) is 1. The zero-order valence-corrected chi connectivity index (χ0v) is 16.5. The van der Waals surface area contributed by atoms with Crippen molar-refractivity contribution < 1.29 is 14.3 Å². The molecule has 0 aliphatic carbocycles. The number of carbonyl (C=O) groups excluding carboxylic acids is 1. The SMILES string of the molecule is Cn1ccnc1C(NC(=O)c1ccc(OCC2CCCO2)cc1)c1ccccc1. The average Bonchev–Trinajstić information content (AvgIpc) is 3.43. The molecule has 1 amide bonds. The molecule has 2 heterocycles. The Morgan fingerprint density at radius 3 is 2.69 bits per heavy atom. The number of carbonyl (C=O) groups is 1. The normalized spacial score (nSPS) is 17.1. The van der Waals surface area contributed by atoms with Gasteiger partial charge in [0.1, 0.15) is 24.2 Å². The quantitative estimate of drug-likeness (QED) is 0.670. The van der Waals surface area contributed by atoms with Gasteiger partial charge in [-0.25, -0.2) is 4.98 Å². The van der Waals surface area contributed by atoms with E-state index in [0.717, 1.165) is 36.6 Å². The molecule has 0 radical (unpaired) electrons. The second kappa shape index (κ2) is 8.92. The Balaban J connectivity index is 1.45. The third-order valence-electron chi connectivity index (χ3n) is 5.10. The molecule has 1 fully saturated rings. The van der Waals surface area contributed by atoms with Crippen molar-refractivity contribution in [1.82, 2.24) is 14.9 Å². The number of nitrogens with zero attached hydrogens (tertiary/aromatic N) is 2. The van der Waals surface area contributed by atoms with Crippen molar-refractivity contribution in [2.75, 3.05) is 13.2 Å². The summed E-state index contributed by atoms with van der Waals surface area (Å²) in [7, 11) is 1.92. The molecule has 0 bridgehead atoms. The summed E-state index contributed by atoms with van der Waals surface area (Å²) in [6.07, 6.45) is 5.90. The van der Waals surface area contributed by atoms with Crippen LogP contribution in [0.3, 0.4) is 0 Å². The first kappa shape index (κ1) is 19.2. The van der Waals surface area contributed by atoms with E-state index in [1.165, 1.54) is 0 Å². The van der Waals surface area contributed by atoms with Gasteiger partial charge in [0.25, 0.3) is 5.91 Å². The molecule has 1 N–H and O–H groups in total. The zero-order valence-electron chi connectivity index (χ0n) is 16.5. The maximum Gasteiger partial charge on any atom is 0.252 e. The van der Waals surface area contributed by atoms with Gasteiger partial charge in [0.15, 0.2) is 0 Å². The number of aryl methyl sites for hydroxylation is 1. The van der Waals surface area contributed by atoms with Gasteiger partial charge in [-0.2, -0.15) is 0 Å². The number of nitrogens with one attached hydrogen (secondary N) is 1. The van der Waals surface area contributed by atoms with E-state index < -0.39 is 0 Å². The summed E-state index contributed by atoms with van der Waals surface area (Å²) in [4.78, 5) is 17.3. The minimum Gasteiger partial charge on any atom is -0.491 e. The van der Waals surface area contributed by atoms with Crippen LogP contribution in [0.4, 0.5) is 0 Å². The zero-order chi connectivity index (χ0) is 20.1. The first-order valence-electron chi connectivity index (χ1n) is 9.88. The molecule has 1 aliphatic rings. The molecule has 3 aromatic rings. The van der Waals surface area contributed by atoms with Crippen LogP contribution in [0, 0.1) is 0 Å². The third-order valence-corrected chi connectivity index (χ3v) is 5.10. The van der Waals surface area contributed by atoms with E-state index in [2.05, 4.69) is 10.3 Å². The van der Waals surface area contributed by atoms with E-state index in [-0.39, 0.29) is 18.1 Å². The van der Waals surface area contributed by atoms with Gasteiger partial charge < -0.3 is 19.4 Å². The highest BCUT2D eigenvalue weighted by molar-refractivity contribution is 5.94. The van der Waals surface area contributed by atoms with E-state index >= 15 is 0 Å². The Morgan fingerprint density at radius 1 is 1.24 bits per heavy atom. The van der Waals surface area contributed by atoms with E-state index in [9.17, 15) is 4.79 Å². The van der Waals surface area contributed by atoms with Crippen LogP contribution < -0.4 is 10.1 Å². The van der Waals surface area contributed by atoms with Crippen LogP contribution in [0.1, 0.15) is 40.6 Å². The molecule has 4 rings (SSSR count). The smallest absolute Gasteiger partial charge is 0.252 e. The minimum absolute atomic E-state index is 0.160. The summed E-state index contributed by atoms with van der Waals surface area (Å²) in [5, 5.41) is 3.11. The Morgan fingerprint density at radius 2 is 2.03 bits per heavy atom. The molecule has 1 aliphatic heterocycles. The topological polar surface area (TPSA) is 65.4 Å². The Hall–Kier alpha value is -3.12. The van der Waals surface area contributed by atoms with E-state index in [0.29, 0.717) is 12.2 Å². The van der Waals surface area contributed by atoms with Gasteiger partial charge >= 0.3 is 0 Å². The first-order valence-corrected chi connectivity index (χ1v) is 9.88. The van der Waals surface area contributed by atoms with Gasteiger partial charge in [0.05, 0.1) is 6.10 Å². The van der Waals surface area contributed by atoms with Crippen molar-refractivity contribution in [3.8, 4) is 5.75 Å². The number of rotatable bonds is 7. The van der Waals surface area contributed by atoms with Crippen LogP contribution in [-0.4, -0.2) is 34.8 Å². The highest BCUT2D eigenvalue weighted by atomic mass is 16.5. The number of hydrogen-bond acceptors (Lipinski definition) is 4. The number of ether oxygens (including phenoxy) is 2. The standard InChI is InChI=1S/C23H25N3O3/c1-26-14-13-24-22(26)21(17-6-3-2-4-7-17)25-23(27)18-9-11-19(12-10-18)29-16-20-8-5-15-28-20/h2-4,6-7,9-14,20-21H,5,8,15-16H2,1H3,(H,25,27). The minimum atomic E-state index is -0.334. The first-order chi connectivity index (χ1) is 14.2. The molecule has 0 saturated carbocycles. The summed E-state index contributed by atoms with van der Waals surface area (Å²) in [6, 6.07) is 16.7. The van der Waals surface area contributed by atoms with Crippen LogP contribution in [0.25, 0.3) is 0 Å². The summed E-state index contributed by atoms with van der Waals surface area (Å²) >= 11 is 0. The van der Waals surface area contributed by atoms with Gasteiger partial charge in [0.2, 0.25) is 0 Å². The monoisotopic (exact) mass is 391 g/mol. The maximum atomic E-state index is 12.9. The summed E-state index contributed by atoms with van der Waals surface area (Å²) in [5.74, 6) is 1.36. The van der Waals surface area contributed by atoms with Gasteiger partial charge in [0, 0.05) is 31.6 Å². The van der Waals surface area contributed by atoms with Crippen LogP contribution in [0.5, 0.6) is 5.75 Å². The van der Waals surface area contributed by atoms with Gasteiger partial charge in [-0.1, -0.05) is 30.3 Å². The van der Waals surface area contributed by atoms with E-state index in [1.807, 2.05) is 60.3 Å². The van der Waals surface area contributed by atoms with Gasteiger partial charge in [-0.05, 0) is 42.7 Å². The molecule has 2 unspecified atom stereocenters. The van der Waals surface area contributed by atoms with Crippen molar-refractivity contribution >= 4 is 5.91 Å². The fourth-order valence-corrected chi connectivity index (χ4v) is 3.48. The molecule has 6 nitrogen and oxygen atoms in total. The van der Waals surface area contributed by atoms with Crippen molar-refractivity contribution in [2.45, 2.75) is 25.0 Å². The Kier molecular flexibility index (Phi) is 5.91. The van der Waals surface area contributed by atoms with Gasteiger partial charge in [-0.3, -0.25) is 4.79 Å². The average molecular weight is 391 g/mol. The molecule has 1 aromatic heterocycles. The predicted molar refractivity (Wildman–Crippen MR) is 110 cm³/mol. The van der Waals surface area contributed by atoms with Crippen LogP contribution in [0.2, 0.25) is 0 Å². The summed E-state index contributed by atoms with van der Waals surface area (Å²) in [6.45, 7) is 1.35. The molecular weight excluding hydrogens is 366 g/mol. The fraction of sp³-hybridized carbons (Fsp3) is 0.304. The Bertz CT molecular complexity index is 932. The van der Waals surface area contributed by atoms with Crippen LogP contribution in [0.15, 0.2) is 67.0 Å². The van der Waals surface area contributed by atoms with Crippen LogP contribution in [-0.2, 0) is 11.8 Å². The largest absolute Gasteiger partial charge is 0.491 e. The second-order valence-electron chi connectivity index (χ2n) is 7.18. The van der Waals surface area contributed by atoms with Crippen molar-refractivity contribution in [3.05, 3.63) is 83.9 Å². The highest BCUT2D eigenvalue weighted by Crippen LogP contribution is 2.22. The van der Waals surface area contributed by atoms with Crippen molar-refractivity contribution in [1.29, 1.82) is 0 Å². The van der Waals surface area contributed by atoms with E-state index in [4.69, 9.17) is 9.47 Å². The highest BCUT2D eigenvalue weighted by Gasteiger charge is 2.21. The molecule has 6 heteroatoms. The van der Waals surface area contributed by atoms with Crippen molar-refractivity contribution in [2.24, 2.45) is 7.05 Å². The molecule has 150 valence electrons. The molecule has 29 heavy (non-hydrogen) atoms. The molecule has 2 atom stereocenters. The predicted octanol–water partition coefficient (Wildman–Crippen LogP) is 3.50. The fourth-order valence-electron chi connectivity index (χ4n) is 3.48. The van der Waals surface area contributed by atoms with Crippen LogP contribution >= 0.6 is 0 Å². The lowest BCUT2D eigenvalue weighted by Gasteiger charge is -2.19. The number of aromatic nitrogens is 2. The molecular formula is C23H25N3O3. The molecule has 1 saturated heterocycles. The van der Waals surface area contributed by atoms with E-state index in [1.54, 1.807) is 18.3 Å². The summed E-state index contributed by atoms with van der Waals surface area (Å²) in [5.41, 5.74) is 1.55. The lowest BCUT2D eigenvalue weighted by atomic mass is 10.1. The lowest BCUT2D eigenvalue weighted by Crippen LogP contribution is -2.31. The molecule has 0 spiro atoms. The third kappa shape index (κ3) is 4.66. The van der Waals surface area contributed by atoms with Gasteiger partial charge in [-0.15, -0.1) is 0 Å². The summed E-state index contributed by atoms with van der Waals surface area (Å²) < 4.78 is 13.3. The number of benzene rings is 2.